The highest BCUT2D eigenvalue weighted by Crippen LogP contribution is 2.30. The first-order valence-corrected chi connectivity index (χ1v) is 13.0. The molecule has 4 aromatic rings. The van der Waals surface area contributed by atoms with Crippen molar-refractivity contribution in [3.8, 4) is 17.2 Å². The Hall–Kier alpha value is -4.50. The maximum Gasteiger partial charge on any atom is 0.261 e. The van der Waals surface area contributed by atoms with Crippen molar-refractivity contribution in [1.29, 1.82) is 0 Å². The number of ether oxygens (including phenoxy) is 2. The molecule has 0 radical (unpaired) electrons. The van der Waals surface area contributed by atoms with Gasteiger partial charge < -0.3 is 18.8 Å². The number of aromatic nitrogens is 1. The average molecular weight is 526 g/mol. The first kappa shape index (κ1) is 24.8. The number of anilines is 1. The Bertz CT molecular complexity index is 1460. The maximum atomic E-state index is 13.6. The SMILES string of the molecule is O=C1CC(N(CC2CCCO2)C(=O)COc2ccccc2)C(=O)N1c1ccc(-c2nc3ccccc3o2)cc1. The highest BCUT2D eigenvalue weighted by atomic mass is 16.5. The van der Waals surface area contributed by atoms with Gasteiger partial charge in [0.1, 0.15) is 17.3 Å². The summed E-state index contributed by atoms with van der Waals surface area (Å²) in [5.41, 5.74) is 2.57. The van der Waals surface area contributed by atoms with Crippen molar-refractivity contribution in [1.82, 2.24) is 9.88 Å². The lowest BCUT2D eigenvalue weighted by molar-refractivity contribution is -0.141. The van der Waals surface area contributed by atoms with E-state index in [1.165, 1.54) is 4.90 Å². The van der Waals surface area contributed by atoms with E-state index in [4.69, 9.17) is 13.9 Å². The highest BCUT2D eigenvalue weighted by molar-refractivity contribution is 6.23. The third kappa shape index (κ3) is 5.13. The van der Waals surface area contributed by atoms with Gasteiger partial charge in [-0.3, -0.25) is 14.4 Å². The van der Waals surface area contributed by atoms with Crippen molar-refractivity contribution in [2.75, 3.05) is 24.7 Å². The van der Waals surface area contributed by atoms with Crippen LogP contribution < -0.4 is 9.64 Å². The lowest BCUT2D eigenvalue weighted by Crippen LogP contribution is -2.50. The predicted molar refractivity (Wildman–Crippen MR) is 143 cm³/mol. The Labute approximate surface area is 224 Å². The average Bonchev–Trinajstić information content (AvgIpc) is 3.70. The van der Waals surface area contributed by atoms with E-state index >= 15 is 0 Å². The van der Waals surface area contributed by atoms with Crippen LogP contribution in [0.15, 0.2) is 83.3 Å². The van der Waals surface area contributed by atoms with Gasteiger partial charge in [-0.2, -0.15) is 0 Å². The molecule has 39 heavy (non-hydrogen) atoms. The molecule has 3 aromatic carbocycles. The quantitative estimate of drug-likeness (QED) is 0.318. The summed E-state index contributed by atoms with van der Waals surface area (Å²) in [6, 6.07) is 22.5. The molecule has 9 heteroatoms. The second kappa shape index (κ2) is 10.7. The van der Waals surface area contributed by atoms with Gasteiger partial charge in [0.2, 0.25) is 11.8 Å². The Morgan fingerprint density at radius 3 is 2.51 bits per heavy atom. The summed E-state index contributed by atoms with van der Waals surface area (Å²) >= 11 is 0. The molecule has 0 aliphatic carbocycles. The number of oxazole rings is 1. The molecule has 0 saturated carbocycles. The van der Waals surface area contributed by atoms with Crippen LogP contribution in [-0.2, 0) is 19.1 Å². The molecule has 2 atom stereocenters. The van der Waals surface area contributed by atoms with Crippen LogP contribution in [0.2, 0.25) is 0 Å². The number of carbonyl (C=O) groups excluding carboxylic acids is 3. The van der Waals surface area contributed by atoms with Crippen LogP contribution in [0.25, 0.3) is 22.6 Å². The van der Waals surface area contributed by atoms with E-state index < -0.39 is 11.9 Å². The number of amides is 3. The summed E-state index contributed by atoms with van der Waals surface area (Å²) in [6.07, 6.45) is 1.40. The Morgan fingerprint density at radius 2 is 1.77 bits per heavy atom. The van der Waals surface area contributed by atoms with Gasteiger partial charge >= 0.3 is 0 Å². The Morgan fingerprint density at radius 1 is 1.00 bits per heavy atom. The van der Waals surface area contributed by atoms with E-state index in [1.54, 1.807) is 36.4 Å². The van der Waals surface area contributed by atoms with Crippen molar-refractivity contribution >= 4 is 34.5 Å². The molecule has 2 aliphatic heterocycles. The summed E-state index contributed by atoms with van der Waals surface area (Å²) in [7, 11) is 0. The summed E-state index contributed by atoms with van der Waals surface area (Å²) in [5, 5.41) is 0. The van der Waals surface area contributed by atoms with E-state index in [0.717, 1.165) is 28.8 Å². The molecular formula is C30H27N3O6. The zero-order valence-electron chi connectivity index (χ0n) is 21.2. The summed E-state index contributed by atoms with van der Waals surface area (Å²) in [5.74, 6) is -0.174. The van der Waals surface area contributed by atoms with Crippen LogP contribution in [0.5, 0.6) is 5.75 Å². The van der Waals surface area contributed by atoms with Crippen LogP contribution in [0.3, 0.4) is 0 Å². The van der Waals surface area contributed by atoms with Crippen molar-refractivity contribution in [2.45, 2.75) is 31.4 Å². The van der Waals surface area contributed by atoms with Gasteiger partial charge in [-0.25, -0.2) is 9.88 Å². The van der Waals surface area contributed by atoms with Gasteiger partial charge in [0.25, 0.3) is 11.8 Å². The molecule has 6 rings (SSSR count). The number of hydrogen-bond donors (Lipinski definition) is 0. The molecular weight excluding hydrogens is 498 g/mol. The van der Waals surface area contributed by atoms with Crippen molar-refractivity contribution in [3.63, 3.8) is 0 Å². The molecule has 2 aliphatic rings. The van der Waals surface area contributed by atoms with Crippen LogP contribution in [-0.4, -0.2) is 59.5 Å². The molecule has 9 nitrogen and oxygen atoms in total. The summed E-state index contributed by atoms with van der Waals surface area (Å²) < 4.78 is 17.2. The minimum atomic E-state index is -0.926. The molecule has 3 amide bonds. The monoisotopic (exact) mass is 525 g/mol. The van der Waals surface area contributed by atoms with Gasteiger partial charge in [-0.05, 0) is 61.4 Å². The van der Waals surface area contributed by atoms with E-state index in [2.05, 4.69) is 4.98 Å². The van der Waals surface area contributed by atoms with Gasteiger partial charge in [-0.1, -0.05) is 30.3 Å². The third-order valence-electron chi connectivity index (χ3n) is 7.02. The lowest BCUT2D eigenvalue weighted by Gasteiger charge is -2.29. The highest BCUT2D eigenvalue weighted by Gasteiger charge is 2.45. The smallest absolute Gasteiger partial charge is 0.261 e. The normalized spacial score (nSPS) is 19.1. The molecule has 3 heterocycles. The fraction of sp³-hybridized carbons (Fsp3) is 0.267. The number of imide groups is 1. The maximum absolute atomic E-state index is 13.6. The first-order chi connectivity index (χ1) is 19.1. The molecule has 2 unspecified atom stereocenters. The zero-order chi connectivity index (χ0) is 26.8. The first-order valence-electron chi connectivity index (χ1n) is 13.0. The van der Waals surface area contributed by atoms with E-state index in [-0.39, 0.29) is 37.5 Å². The van der Waals surface area contributed by atoms with Crippen molar-refractivity contribution in [3.05, 3.63) is 78.9 Å². The molecule has 0 spiro atoms. The second-order valence-corrected chi connectivity index (χ2v) is 9.60. The van der Waals surface area contributed by atoms with Crippen molar-refractivity contribution in [2.24, 2.45) is 0 Å². The molecule has 198 valence electrons. The number of hydrogen-bond acceptors (Lipinski definition) is 7. The van der Waals surface area contributed by atoms with E-state index in [9.17, 15) is 14.4 Å². The largest absolute Gasteiger partial charge is 0.484 e. The van der Waals surface area contributed by atoms with E-state index in [1.807, 2.05) is 42.5 Å². The number of carbonyl (C=O) groups is 3. The molecule has 0 bridgehead atoms. The number of benzene rings is 3. The van der Waals surface area contributed by atoms with Crippen LogP contribution in [0, 0.1) is 0 Å². The second-order valence-electron chi connectivity index (χ2n) is 9.60. The van der Waals surface area contributed by atoms with Crippen molar-refractivity contribution < 1.29 is 28.3 Å². The summed E-state index contributed by atoms with van der Waals surface area (Å²) in [4.78, 5) is 47.1. The predicted octanol–water partition coefficient (Wildman–Crippen LogP) is 4.21. The third-order valence-corrected chi connectivity index (χ3v) is 7.02. The molecule has 0 N–H and O–H groups in total. The fourth-order valence-electron chi connectivity index (χ4n) is 5.03. The number of rotatable bonds is 8. The van der Waals surface area contributed by atoms with E-state index in [0.29, 0.717) is 29.5 Å². The van der Waals surface area contributed by atoms with Gasteiger partial charge in [0.15, 0.2) is 12.2 Å². The number of para-hydroxylation sites is 3. The topological polar surface area (TPSA) is 102 Å². The minimum absolute atomic E-state index is 0.102. The standard InChI is InChI=1S/C30H27N3O6/c34-27-17-25(32(18-23-9-6-16-37-23)28(35)19-38-22-7-2-1-3-8-22)30(36)33(27)21-14-12-20(13-15-21)29-31-24-10-4-5-11-26(24)39-29/h1-5,7-8,10-15,23,25H,6,9,16-19H2. The minimum Gasteiger partial charge on any atom is -0.484 e. The van der Waals surface area contributed by atoms with Crippen LogP contribution >= 0.6 is 0 Å². The number of fused-ring (bicyclic) bond motifs is 1. The summed E-state index contributed by atoms with van der Waals surface area (Å²) in [6.45, 7) is 0.600. The van der Waals surface area contributed by atoms with Gasteiger partial charge in [0, 0.05) is 18.7 Å². The fourth-order valence-corrected chi connectivity index (χ4v) is 5.03. The van der Waals surface area contributed by atoms with Gasteiger partial charge in [0.05, 0.1) is 18.2 Å². The van der Waals surface area contributed by atoms with Crippen LogP contribution in [0.4, 0.5) is 5.69 Å². The zero-order valence-corrected chi connectivity index (χ0v) is 21.2. The molecule has 1 aromatic heterocycles. The lowest BCUT2D eigenvalue weighted by atomic mass is 10.1. The Kier molecular flexibility index (Phi) is 6.81. The number of nitrogens with zero attached hydrogens (tertiary/aromatic N) is 3. The molecule has 2 fully saturated rings. The van der Waals surface area contributed by atoms with Crippen LogP contribution in [0.1, 0.15) is 19.3 Å². The Balaban J connectivity index is 1.20. The van der Waals surface area contributed by atoms with Gasteiger partial charge in [-0.15, -0.1) is 0 Å². The molecule has 2 saturated heterocycles.